The molecule has 142 valence electrons. The first-order chi connectivity index (χ1) is 13.4. The van der Waals surface area contributed by atoms with Gasteiger partial charge >= 0.3 is 0 Å². The highest BCUT2D eigenvalue weighted by molar-refractivity contribution is 5.79. The quantitative estimate of drug-likeness (QED) is 0.435. The van der Waals surface area contributed by atoms with E-state index in [1.165, 1.54) is 0 Å². The van der Waals surface area contributed by atoms with Crippen LogP contribution in [0.2, 0.25) is 0 Å². The summed E-state index contributed by atoms with van der Waals surface area (Å²) in [6.07, 6.45) is 5.21. The van der Waals surface area contributed by atoms with E-state index in [1.54, 1.807) is 29.2 Å². The van der Waals surface area contributed by atoms with Crippen LogP contribution in [0.4, 0.5) is 11.6 Å². The summed E-state index contributed by atoms with van der Waals surface area (Å²) in [5.74, 6) is 1.57. The maximum atomic E-state index is 12.5. The summed E-state index contributed by atoms with van der Waals surface area (Å²) in [5.41, 5.74) is 4.72. The predicted octanol–water partition coefficient (Wildman–Crippen LogP) is 3.23. The molecule has 4 aromatic heterocycles. The molecule has 0 aliphatic heterocycles. The van der Waals surface area contributed by atoms with Gasteiger partial charge in [0.25, 0.3) is 0 Å². The van der Waals surface area contributed by atoms with Crippen LogP contribution in [0.5, 0.6) is 0 Å². The van der Waals surface area contributed by atoms with Crippen molar-refractivity contribution in [2.24, 2.45) is 7.05 Å². The minimum absolute atomic E-state index is 0.352. The van der Waals surface area contributed by atoms with Gasteiger partial charge in [0.15, 0.2) is 12.0 Å². The average molecular weight is 375 g/mol. The second kappa shape index (κ2) is 6.88. The molecule has 0 saturated carbocycles. The molecule has 8 nitrogen and oxygen atoms in total. The van der Waals surface area contributed by atoms with Gasteiger partial charge in [-0.3, -0.25) is 4.68 Å². The Morgan fingerprint density at radius 1 is 1.18 bits per heavy atom. The number of anilines is 2. The number of aromatic nitrogens is 6. The minimum atomic E-state index is 0.352. The molecule has 0 bridgehead atoms. The van der Waals surface area contributed by atoms with E-state index in [9.17, 15) is 5.21 Å². The van der Waals surface area contributed by atoms with Gasteiger partial charge in [-0.2, -0.15) is 14.9 Å². The van der Waals surface area contributed by atoms with Crippen molar-refractivity contribution < 1.29 is 4.73 Å². The van der Waals surface area contributed by atoms with E-state index in [4.69, 9.17) is 0 Å². The van der Waals surface area contributed by atoms with Crippen LogP contribution in [0.25, 0.3) is 22.2 Å². The summed E-state index contributed by atoms with van der Waals surface area (Å²) in [6.45, 7) is 6.12. The van der Waals surface area contributed by atoms with Crippen LogP contribution in [-0.2, 0) is 7.05 Å². The van der Waals surface area contributed by atoms with E-state index in [1.807, 2.05) is 32.3 Å². The van der Waals surface area contributed by atoms with Gasteiger partial charge in [0.05, 0.1) is 17.5 Å². The maximum absolute atomic E-state index is 12.5. The number of fused-ring (bicyclic) bond motifs is 1. The third kappa shape index (κ3) is 3.36. The Morgan fingerprint density at radius 2 is 2.00 bits per heavy atom. The first kappa shape index (κ1) is 17.8. The second-order valence-corrected chi connectivity index (χ2v) is 7.11. The van der Waals surface area contributed by atoms with Gasteiger partial charge in [0.2, 0.25) is 5.52 Å². The zero-order valence-corrected chi connectivity index (χ0v) is 16.2. The van der Waals surface area contributed by atoms with Gasteiger partial charge in [0, 0.05) is 24.9 Å². The monoisotopic (exact) mass is 375 g/mol. The summed E-state index contributed by atoms with van der Waals surface area (Å²) < 4.78 is 2.57. The number of hydrogen-bond acceptors (Lipinski definition) is 6. The summed E-state index contributed by atoms with van der Waals surface area (Å²) >= 11 is 0. The van der Waals surface area contributed by atoms with Crippen LogP contribution in [0.15, 0.2) is 42.9 Å². The summed E-state index contributed by atoms with van der Waals surface area (Å²) in [6, 6.07) is 7.36. The third-order valence-electron chi connectivity index (χ3n) is 4.61. The van der Waals surface area contributed by atoms with Gasteiger partial charge in [-0.25, -0.2) is 4.98 Å². The molecular formula is C20H21N7O. The van der Waals surface area contributed by atoms with Crippen molar-refractivity contribution in [3.63, 3.8) is 0 Å². The molecule has 1 N–H and O–H groups in total. The first-order valence-corrected chi connectivity index (χ1v) is 9.05. The molecule has 0 amide bonds. The number of nitrogens with zero attached hydrogens (tertiary/aromatic N) is 6. The van der Waals surface area contributed by atoms with E-state index < -0.39 is 0 Å². The zero-order valence-electron chi connectivity index (χ0n) is 16.2. The second-order valence-electron chi connectivity index (χ2n) is 7.11. The van der Waals surface area contributed by atoms with Crippen molar-refractivity contribution >= 4 is 22.7 Å². The highest BCUT2D eigenvalue weighted by Crippen LogP contribution is 2.25. The van der Waals surface area contributed by atoms with Crippen molar-refractivity contribution in [3.8, 4) is 11.1 Å². The molecule has 0 fully saturated rings. The minimum Gasteiger partial charge on any atom is -0.618 e. The van der Waals surface area contributed by atoms with Crippen LogP contribution >= 0.6 is 0 Å². The number of rotatable bonds is 4. The molecule has 4 heterocycles. The molecule has 4 aromatic rings. The molecule has 28 heavy (non-hydrogen) atoms. The molecular weight excluding hydrogens is 354 g/mol. The number of hydrogen-bond donors (Lipinski definition) is 1. The van der Waals surface area contributed by atoms with E-state index in [2.05, 4.69) is 39.4 Å². The van der Waals surface area contributed by atoms with Crippen LogP contribution in [0.1, 0.15) is 31.0 Å². The van der Waals surface area contributed by atoms with E-state index in [-0.39, 0.29) is 0 Å². The van der Waals surface area contributed by atoms with Crippen LogP contribution < -0.4 is 10.0 Å². The lowest BCUT2D eigenvalue weighted by molar-refractivity contribution is -0.576. The van der Waals surface area contributed by atoms with Crippen LogP contribution in [0, 0.1) is 12.1 Å². The largest absolute Gasteiger partial charge is 0.618 e. The molecule has 8 heteroatoms. The SMILES string of the molecule is Cc1nn(C)cc1-c1cc2nc(Nc3cc(C(C)C)cnn3)ccc2[n+]([O-])c1. The molecule has 0 saturated heterocycles. The first-order valence-electron chi connectivity index (χ1n) is 9.05. The number of nitrogens with one attached hydrogen (secondary N) is 1. The molecule has 0 atom stereocenters. The summed E-state index contributed by atoms with van der Waals surface area (Å²) in [7, 11) is 1.86. The van der Waals surface area contributed by atoms with Crippen LogP contribution in [0.3, 0.4) is 0 Å². The van der Waals surface area contributed by atoms with Gasteiger partial charge in [-0.1, -0.05) is 13.8 Å². The fourth-order valence-electron chi connectivity index (χ4n) is 3.13. The molecule has 0 aromatic carbocycles. The highest BCUT2D eigenvalue weighted by atomic mass is 16.5. The smallest absolute Gasteiger partial charge is 0.242 e. The Kier molecular flexibility index (Phi) is 4.38. The van der Waals surface area contributed by atoms with Crippen molar-refractivity contribution in [2.45, 2.75) is 26.7 Å². The molecule has 0 aliphatic carbocycles. The van der Waals surface area contributed by atoms with Gasteiger partial charge < -0.3 is 10.5 Å². The fraction of sp³-hybridized carbons (Fsp3) is 0.250. The van der Waals surface area contributed by atoms with Crippen LogP contribution in [-0.4, -0.2) is 25.0 Å². The Balaban J connectivity index is 1.73. The van der Waals surface area contributed by atoms with Gasteiger partial charge in [-0.15, -0.1) is 5.10 Å². The van der Waals surface area contributed by atoms with Gasteiger partial charge in [0.1, 0.15) is 11.3 Å². The zero-order chi connectivity index (χ0) is 19.8. The lowest BCUT2D eigenvalue weighted by Gasteiger charge is -2.09. The van der Waals surface area contributed by atoms with Crippen molar-refractivity contribution in [1.82, 2.24) is 25.0 Å². The predicted molar refractivity (Wildman–Crippen MR) is 107 cm³/mol. The highest BCUT2D eigenvalue weighted by Gasteiger charge is 2.14. The molecule has 0 radical (unpaired) electrons. The Labute approximate surface area is 162 Å². The lowest BCUT2D eigenvalue weighted by Crippen LogP contribution is -2.27. The normalized spacial score (nSPS) is 11.3. The third-order valence-corrected chi connectivity index (χ3v) is 4.61. The molecule has 4 rings (SSSR count). The van der Waals surface area contributed by atoms with E-state index >= 15 is 0 Å². The Hall–Kier alpha value is -3.55. The van der Waals surface area contributed by atoms with Crippen molar-refractivity contribution in [3.05, 3.63) is 59.3 Å². The molecule has 0 unspecified atom stereocenters. The standard InChI is InChI=1S/C20H21N7O/c1-12(2)14-8-20(24-21-9-14)23-19-6-5-18-17(22-19)7-15(10-27(18)28)16-11-26(4)25-13(16)3/h5-12H,1-4H3,(H,22,23,24). The van der Waals surface area contributed by atoms with Crippen molar-refractivity contribution in [1.29, 1.82) is 0 Å². The average Bonchev–Trinajstić information content (AvgIpc) is 3.00. The number of aryl methyl sites for hydroxylation is 2. The fourth-order valence-corrected chi connectivity index (χ4v) is 3.13. The topological polar surface area (TPSA) is 95.5 Å². The number of pyridine rings is 2. The molecule has 0 aliphatic rings. The van der Waals surface area contributed by atoms with E-state index in [0.29, 0.717) is 28.6 Å². The molecule has 0 spiro atoms. The van der Waals surface area contributed by atoms with Crippen molar-refractivity contribution in [2.75, 3.05) is 5.32 Å². The van der Waals surface area contributed by atoms with Gasteiger partial charge in [-0.05, 0) is 36.6 Å². The Morgan fingerprint density at radius 3 is 2.71 bits per heavy atom. The summed E-state index contributed by atoms with van der Waals surface area (Å²) in [5, 5.41) is 28.2. The maximum Gasteiger partial charge on any atom is 0.242 e. The van der Waals surface area contributed by atoms with E-state index in [0.717, 1.165) is 27.1 Å². The summed E-state index contributed by atoms with van der Waals surface area (Å²) in [4.78, 5) is 4.60. The Bertz CT molecular complexity index is 1170. The lowest BCUT2D eigenvalue weighted by atomic mass is 10.1.